The fraction of sp³-hybridized carbons (Fsp3) is 0. The van der Waals surface area contributed by atoms with Crippen LogP contribution in [0.25, 0.3) is 0 Å². The number of anilines is 4. The van der Waals surface area contributed by atoms with E-state index in [4.69, 9.17) is 11.5 Å². The van der Waals surface area contributed by atoms with Gasteiger partial charge in [0.25, 0.3) is 10.1 Å². The maximum absolute atomic E-state index is 13.2. The maximum Gasteiger partial charge on any atom is 0.335 e. The highest BCUT2D eigenvalue weighted by molar-refractivity contribution is 7.86. The van der Waals surface area contributed by atoms with Crippen molar-refractivity contribution in [3.05, 3.63) is 76.3 Å². The molecule has 0 unspecified atom stereocenters. The first kappa shape index (κ1) is 21.0. The number of aromatic carboxylic acids is 1. The molecule has 0 bridgehead atoms. The van der Waals surface area contributed by atoms with Crippen LogP contribution in [0.3, 0.4) is 0 Å². The molecule has 0 atom stereocenters. The molecule has 0 aliphatic heterocycles. The second-order valence-electron chi connectivity index (χ2n) is 7.04. The standard InChI is InChI=1S/C21H15N3O7S/c22-10-5-9(21(27)28)6-11(7-10)24-14-8-15(32(29,30)31)18(23)17-16(14)19(25)12-3-1-2-4-13(12)20(17)26/h1-8,24H,22-23H2,(H,27,28)(H,29,30,31). The molecule has 0 saturated carbocycles. The molecule has 0 radical (unpaired) electrons. The molecule has 3 aromatic carbocycles. The highest BCUT2D eigenvalue weighted by Crippen LogP contribution is 2.40. The predicted octanol–water partition coefficient (Wildman–Crippen LogP) is 2.31. The summed E-state index contributed by atoms with van der Waals surface area (Å²) in [6, 6.07) is 10.6. The fourth-order valence-electron chi connectivity index (χ4n) is 3.61. The molecule has 7 N–H and O–H groups in total. The van der Waals surface area contributed by atoms with Crippen LogP contribution in [-0.2, 0) is 10.1 Å². The summed E-state index contributed by atoms with van der Waals surface area (Å²) in [6.45, 7) is 0. The van der Waals surface area contributed by atoms with E-state index in [0.29, 0.717) is 0 Å². The van der Waals surface area contributed by atoms with Crippen LogP contribution in [-0.4, -0.2) is 35.6 Å². The molecular formula is C21H15N3O7S. The van der Waals surface area contributed by atoms with E-state index in [1.807, 2.05) is 0 Å². The SMILES string of the molecule is Nc1cc(Nc2cc(S(=O)(=O)O)c(N)c3c2C(=O)c2ccccc2C3=O)cc(C(=O)O)c1. The van der Waals surface area contributed by atoms with Gasteiger partial charge < -0.3 is 21.9 Å². The van der Waals surface area contributed by atoms with Gasteiger partial charge in [0.2, 0.25) is 0 Å². The van der Waals surface area contributed by atoms with Crippen molar-refractivity contribution in [1.82, 2.24) is 0 Å². The minimum atomic E-state index is -4.88. The molecule has 162 valence electrons. The molecule has 0 heterocycles. The largest absolute Gasteiger partial charge is 0.478 e. The lowest BCUT2D eigenvalue weighted by atomic mass is 9.82. The molecule has 0 fully saturated rings. The molecule has 0 amide bonds. The zero-order valence-corrected chi connectivity index (χ0v) is 16.9. The monoisotopic (exact) mass is 453 g/mol. The van der Waals surface area contributed by atoms with Gasteiger partial charge in [-0.05, 0) is 24.3 Å². The van der Waals surface area contributed by atoms with Gasteiger partial charge in [-0.1, -0.05) is 24.3 Å². The third-order valence-electron chi connectivity index (χ3n) is 4.96. The van der Waals surface area contributed by atoms with Gasteiger partial charge in [-0.2, -0.15) is 8.42 Å². The van der Waals surface area contributed by atoms with Crippen molar-refractivity contribution >= 4 is 50.4 Å². The molecule has 11 heteroatoms. The third kappa shape index (κ3) is 3.35. The Kier molecular flexibility index (Phi) is 4.72. The summed E-state index contributed by atoms with van der Waals surface area (Å²) in [5, 5.41) is 12.0. The third-order valence-corrected chi connectivity index (χ3v) is 5.85. The van der Waals surface area contributed by atoms with E-state index in [0.717, 1.165) is 6.07 Å². The molecule has 1 aliphatic carbocycles. The quantitative estimate of drug-likeness (QED) is 0.226. The van der Waals surface area contributed by atoms with Gasteiger partial charge in [0, 0.05) is 22.5 Å². The number of nitrogen functional groups attached to an aromatic ring is 2. The summed E-state index contributed by atoms with van der Waals surface area (Å²) in [5.41, 5.74) is 10.5. The Balaban J connectivity index is 2.01. The number of nitrogens with one attached hydrogen (secondary N) is 1. The minimum absolute atomic E-state index is 0.0345. The van der Waals surface area contributed by atoms with Crippen LogP contribution in [0.1, 0.15) is 42.2 Å². The zero-order chi connectivity index (χ0) is 23.4. The van der Waals surface area contributed by atoms with Crippen molar-refractivity contribution in [2.24, 2.45) is 0 Å². The molecule has 3 aromatic rings. The van der Waals surface area contributed by atoms with E-state index in [9.17, 15) is 32.5 Å². The first-order chi connectivity index (χ1) is 15.0. The Hall–Kier alpha value is -4.22. The van der Waals surface area contributed by atoms with E-state index < -0.39 is 38.2 Å². The first-order valence-electron chi connectivity index (χ1n) is 9.02. The molecule has 10 nitrogen and oxygen atoms in total. The summed E-state index contributed by atoms with van der Waals surface area (Å²) in [4.78, 5) is 36.9. The van der Waals surface area contributed by atoms with E-state index in [-0.39, 0.29) is 44.9 Å². The van der Waals surface area contributed by atoms with Gasteiger partial charge in [0.05, 0.1) is 28.1 Å². The zero-order valence-electron chi connectivity index (χ0n) is 16.1. The van der Waals surface area contributed by atoms with Crippen LogP contribution in [0.15, 0.2) is 53.4 Å². The number of rotatable bonds is 4. The first-order valence-corrected chi connectivity index (χ1v) is 10.5. The highest BCUT2D eigenvalue weighted by atomic mass is 32.2. The number of hydrogen-bond acceptors (Lipinski definition) is 8. The van der Waals surface area contributed by atoms with Gasteiger partial charge in [-0.15, -0.1) is 0 Å². The average molecular weight is 453 g/mol. The van der Waals surface area contributed by atoms with Gasteiger partial charge in [0.15, 0.2) is 11.6 Å². The van der Waals surface area contributed by atoms with Crippen LogP contribution in [0.2, 0.25) is 0 Å². The van der Waals surface area contributed by atoms with Gasteiger partial charge in [0.1, 0.15) is 4.90 Å². The molecule has 0 spiro atoms. The fourth-order valence-corrected chi connectivity index (χ4v) is 4.26. The van der Waals surface area contributed by atoms with Crippen LogP contribution < -0.4 is 16.8 Å². The van der Waals surface area contributed by atoms with Crippen LogP contribution in [0.4, 0.5) is 22.7 Å². The summed E-state index contributed by atoms with van der Waals surface area (Å²) in [7, 11) is -4.88. The highest BCUT2D eigenvalue weighted by Gasteiger charge is 2.36. The summed E-state index contributed by atoms with van der Waals surface area (Å²) in [6.07, 6.45) is 0. The smallest absolute Gasteiger partial charge is 0.335 e. The van der Waals surface area contributed by atoms with Crippen LogP contribution in [0.5, 0.6) is 0 Å². The Morgan fingerprint density at radius 3 is 2.06 bits per heavy atom. The Bertz CT molecular complexity index is 1460. The molecule has 32 heavy (non-hydrogen) atoms. The van der Waals surface area contributed by atoms with Crippen molar-refractivity contribution < 1.29 is 32.5 Å². The number of ketones is 2. The maximum atomic E-state index is 13.2. The second kappa shape index (κ2) is 7.18. The normalized spacial score (nSPS) is 12.8. The molecule has 0 saturated heterocycles. The van der Waals surface area contributed by atoms with E-state index >= 15 is 0 Å². The van der Waals surface area contributed by atoms with Crippen molar-refractivity contribution in [2.45, 2.75) is 4.90 Å². The molecule has 1 aliphatic rings. The summed E-state index contributed by atoms with van der Waals surface area (Å²) in [5.74, 6) is -2.56. The number of carbonyl (C=O) groups excluding carboxylic acids is 2. The predicted molar refractivity (Wildman–Crippen MR) is 115 cm³/mol. The lowest BCUT2D eigenvalue weighted by Gasteiger charge is -2.23. The van der Waals surface area contributed by atoms with Crippen LogP contribution in [0, 0.1) is 0 Å². The van der Waals surface area contributed by atoms with Crippen molar-refractivity contribution in [2.75, 3.05) is 16.8 Å². The van der Waals surface area contributed by atoms with Gasteiger partial charge in [-0.3, -0.25) is 14.1 Å². The van der Waals surface area contributed by atoms with Crippen molar-refractivity contribution in [3.63, 3.8) is 0 Å². The van der Waals surface area contributed by atoms with E-state index in [1.54, 1.807) is 6.07 Å². The summed E-state index contributed by atoms with van der Waals surface area (Å²) >= 11 is 0. The van der Waals surface area contributed by atoms with Crippen molar-refractivity contribution in [1.29, 1.82) is 0 Å². The number of nitrogens with two attached hydrogens (primary N) is 2. The second-order valence-corrected chi connectivity index (χ2v) is 8.43. The number of benzene rings is 3. The van der Waals surface area contributed by atoms with E-state index in [2.05, 4.69) is 5.32 Å². The number of hydrogen-bond donors (Lipinski definition) is 5. The number of carboxylic acid groups (broad SMARTS) is 1. The number of fused-ring (bicyclic) bond motifs is 2. The number of carboxylic acids is 1. The number of carbonyl (C=O) groups is 3. The minimum Gasteiger partial charge on any atom is -0.478 e. The topological polar surface area (TPSA) is 190 Å². The lowest BCUT2D eigenvalue weighted by Crippen LogP contribution is -2.25. The molecule has 4 rings (SSSR count). The summed E-state index contributed by atoms with van der Waals surface area (Å²) < 4.78 is 33.5. The molecule has 0 aromatic heterocycles. The Labute approximate surface area is 181 Å². The molecular weight excluding hydrogens is 438 g/mol. The van der Waals surface area contributed by atoms with Crippen LogP contribution >= 0.6 is 0 Å². The Morgan fingerprint density at radius 1 is 0.906 bits per heavy atom. The van der Waals surface area contributed by atoms with E-state index in [1.165, 1.54) is 36.4 Å². The van der Waals surface area contributed by atoms with Gasteiger partial charge in [-0.25, -0.2) is 4.79 Å². The van der Waals surface area contributed by atoms with Gasteiger partial charge >= 0.3 is 5.97 Å². The van der Waals surface area contributed by atoms with Crippen molar-refractivity contribution in [3.8, 4) is 0 Å². The average Bonchev–Trinajstić information content (AvgIpc) is 2.71. The Morgan fingerprint density at radius 2 is 1.50 bits per heavy atom. The lowest BCUT2D eigenvalue weighted by molar-refractivity contribution is 0.0696.